The molecule has 0 radical (unpaired) electrons. The highest BCUT2D eigenvalue weighted by molar-refractivity contribution is 14.1. The summed E-state index contributed by atoms with van der Waals surface area (Å²) in [5, 5.41) is 0.763. The highest BCUT2D eigenvalue weighted by Gasteiger charge is 2.22. The first-order chi connectivity index (χ1) is 13.0. The SMILES string of the molecule is Cc1ccc(S(=O)(=O)CO[C@@H](C[C@H](CI)OCCBr)c2ccccc2)cc1. The van der Waals surface area contributed by atoms with Gasteiger partial charge in [0.2, 0.25) is 9.84 Å². The molecule has 0 amide bonds. The molecule has 0 N–H and O–H groups in total. The molecular formula is C20H24BrIO4S. The monoisotopic (exact) mass is 566 g/mol. The second-order valence-electron chi connectivity index (χ2n) is 6.18. The van der Waals surface area contributed by atoms with Crippen molar-refractivity contribution in [2.75, 3.05) is 22.3 Å². The van der Waals surface area contributed by atoms with Gasteiger partial charge in [-0.25, -0.2) is 8.42 Å². The van der Waals surface area contributed by atoms with E-state index in [9.17, 15) is 8.42 Å². The number of rotatable bonds is 11. The third-order valence-corrected chi connectivity index (χ3v) is 6.80. The molecule has 0 heterocycles. The van der Waals surface area contributed by atoms with Gasteiger partial charge in [-0.2, -0.15) is 0 Å². The summed E-state index contributed by atoms with van der Waals surface area (Å²) >= 11 is 5.65. The first kappa shape index (κ1) is 22.8. The molecule has 0 saturated heterocycles. The van der Waals surface area contributed by atoms with Crippen LogP contribution in [0, 0.1) is 6.92 Å². The third kappa shape index (κ3) is 7.45. The van der Waals surface area contributed by atoms with Crippen molar-refractivity contribution in [3.63, 3.8) is 0 Å². The molecule has 2 aromatic carbocycles. The Bertz CT molecular complexity index is 781. The summed E-state index contributed by atoms with van der Waals surface area (Å²) < 4.78 is 37.8. The van der Waals surface area contributed by atoms with Crippen molar-refractivity contribution in [2.45, 2.75) is 30.4 Å². The van der Waals surface area contributed by atoms with E-state index in [1.54, 1.807) is 24.3 Å². The lowest BCUT2D eigenvalue weighted by Gasteiger charge is -2.23. The third-order valence-electron chi connectivity index (χ3n) is 4.06. The van der Waals surface area contributed by atoms with Gasteiger partial charge in [0, 0.05) is 16.2 Å². The number of halogens is 2. The number of hydrogen-bond acceptors (Lipinski definition) is 4. The summed E-state index contributed by atoms with van der Waals surface area (Å²) in [6, 6.07) is 16.5. The van der Waals surface area contributed by atoms with Gasteiger partial charge in [-0.1, -0.05) is 86.5 Å². The van der Waals surface area contributed by atoms with E-state index in [1.165, 1.54) is 0 Å². The van der Waals surface area contributed by atoms with Gasteiger partial charge >= 0.3 is 0 Å². The van der Waals surface area contributed by atoms with E-state index in [-0.39, 0.29) is 23.0 Å². The summed E-state index contributed by atoms with van der Waals surface area (Å²) in [5.41, 5.74) is 1.97. The predicted octanol–water partition coefficient (Wildman–Crippen LogP) is 5.09. The average molecular weight is 567 g/mol. The normalized spacial score (nSPS) is 14.0. The average Bonchev–Trinajstić information content (AvgIpc) is 2.68. The largest absolute Gasteiger partial charge is 0.376 e. The number of ether oxygens (including phenoxy) is 2. The number of aryl methyl sites for hydroxylation is 1. The fourth-order valence-corrected chi connectivity index (χ4v) is 4.41. The number of hydrogen-bond donors (Lipinski definition) is 0. The van der Waals surface area contributed by atoms with Crippen molar-refractivity contribution in [1.82, 2.24) is 0 Å². The Hall–Kier alpha value is -0.480. The van der Waals surface area contributed by atoms with E-state index in [2.05, 4.69) is 38.5 Å². The summed E-state index contributed by atoms with van der Waals surface area (Å²) in [6.45, 7) is 2.53. The zero-order valence-corrected chi connectivity index (χ0v) is 19.7. The lowest BCUT2D eigenvalue weighted by molar-refractivity contribution is 0.0103. The Kier molecular flexibility index (Phi) is 9.72. The molecule has 0 aliphatic heterocycles. The zero-order valence-electron chi connectivity index (χ0n) is 15.2. The van der Waals surface area contributed by atoms with Crippen LogP contribution in [-0.4, -0.2) is 36.8 Å². The van der Waals surface area contributed by atoms with Crippen molar-refractivity contribution in [1.29, 1.82) is 0 Å². The molecule has 0 fully saturated rings. The maximum Gasteiger partial charge on any atom is 0.202 e. The molecule has 27 heavy (non-hydrogen) atoms. The molecule has 148 valence electrons. The fourth-order valence-electron chi connectivity index (χ4n) is 2.58. The molecule has 7 heteroatoms. The minimum absolute atomic E-state index is 0.00423. The zero-order chi connectivity index (χ0) is 19.7. The Morgan fingerprint density at radius 1 is 1.04 bits per heavy atom. The summed E-state index contributed by atoms with van der Waals surface area (Å²) in [5.74, 6) is -0.359. The van der Waals surface area contributed by atoms with Crippen molar-refractivity contribution < 1.29 is 17.9 Å². The van der Waals surface area contributed by atoms with Crippen LogP contribution >= 0.6 is 38.5 Å². The lowest BCUT2D eigenvalue weighted by Crippen LogP contribution is -2.22. The summed E-state index contributed by atoms with van der Waals surface area (Å²) in [7, 11) is -3.51. The predicted molar refractivity (Wildman–Crippen MR) is 121 cm³/mol. The van der Waals surface area contributed by atoms with Crippen LogP contribution in [0.5, 0.6) is 0 Å². The maximum absolute atomic E-state index is 12.6. The molecule has 2 atom stereocenters. The molecule has 0 unspecified atom stereocenters. The van der Waals surface area contributed by atoms with Crippen molar-refractivity contribution >= 4 is 48.4 Å². The minimum Gasteiger partial charge on any atom is -0.376 e. The van der Waals surface area contributed by atoms with Crippen LogP contribution < -0.4 is 0 Å². The Labute approximate surface area is 183 Å². The van der Waals surface area contributed by atoms with Gasteiger partial charge < -0.3 is 9.47 Å². The summed E-state index contributed by atoms with van der Waals surface area (Å²) in [4.78, 5) is 0.279. The van der Waals surface area contributed by atoms with Crippen LogP contribution in [0.15, 0.2) is 59.5 Å². The van der Waals surface area contributed by atoms with E-state index in [0.29, 0.717) is 13.0 Å². The molecule has 4 nitrogen and oxygen atoms in total. The molecule has 0 aliphatic rings. The van der Waals surface area contributed by atoms with Crippen LogP contribution in [-0.2, 0) is 19.3 Å². The smallest absolute Gasteiger partial charge is 0.202 e. The van der Waals surface area contributed by atoms with Crippen molar-refractivity contribution in [2.24, 2.45) is 0 Å². The van der Waals surface area contributed by atoms with Crippen LogP contribution in [0.25, 0.3) is 0 Å². The fraction of sp³-hybridized carbons (Fsp3) is 0.400. The quantitative estimate of drug-likeness (QED) is 0.281. The molecule has 0 aromatic heterocycles. The number of sulfone groups is 1. The highest BCUT2D eigenvalue weighted by atomic mass is 127. The Morgan fingerprint density at radius 3 is 2.30 bits per heavy atom. The first-order valence-corrected chi connectivity index (χ1v) is 13.0. The van der Waals surface area contributed by atoms with Gasteiger partial charge in [0.15, 0.2) is 5.94 Å². The van der Waals surface area contributed by atoms with Gasteiger partial charge in [-0.05, 0) is 24.6 Å². The second kappa shape index (κ2) is 11.5. The minimum atomic E-state index is -3.51. The summed E-state index contributed by atoms with van der Waals surface area (Å²) in [6.07, 6.45) is 0.251. The molecule has 0 saturated carbocycles. The van der Waals surface area contributed by atoms with E-state index in [1.807, 2.05) is 37.3 Å². The molecule has 0 aliphatic carbocycles. The van der Waals surface area contributed by atoms with E-state index in [0.717, 1.165) is 20.9 Å². The molecular weight excluding hydrogens is 543 g/mol. The van der Waals surface area contributed by atoms with Crippen LogP contribution in [0.2, 0.25) is 0 Å². The van der Waals surface area contributed by atoms with Crippen LogP contribution in [0.4, 0.5) is 0 Å². The molecule has 0 bridgehead atoms. The topological polar surface area (TPSA) is 52.6 Å². The van der Waals surface area contributed by atoms with E-state index >= 15 is 0 Å². The van der Waals surface area contributed by atoms with E-state index in [4.69, 9.17) is 9.47 Å². The van der Waals surface area contributed by atoms with Crippen molar-refractivity contribution in [3.8, 4) is 0 Å². The van der Waals surface area contributed by atoms with Gasteiger partial charge in [-0.15, -0.1) is 0 Å². The molecule has 2 rings (SSSR count). The van der Waals surface area contributed by atoms with Crippen LogP contribution in [0.1, 0.15) is 23.7 Å². The first-order valence-electron chi connectivity index (χ1n) is 8.65. The lowest BCUT2D eigenvalue weighted by atomic mass is 10.0. The number of benzene rings is 2. The molecule has 0 spiro atoms. The standard InChI is InChI=1S/C20H24BrIO4S/c1-16-7-9-19(10-8-16)27(23,24)15-26-20(17-5-3-2-4-6-17)13-18(14-22)25-12-11-21/h2-10,18,20H,11-15H2,1H3/t18-,20+/m1/s1. The van der Waals surface area contributed by atoms with Crippen molar-refractivity contribution in [3.05, 3.63) is 65.7 Å². The Balaban J connectivity index is 2.12. The van der Waals surface area contributed by atoms with Gasteiger partial charge in [-0.3, -0.25) is 0 Å². The second-order valence-corrected chi connectivity index (χ2v) is 9.79. The van der Waals surface area contributed by atoms with Gasteiger partial charge in [0.05, 0.1) is 23.7 Å². The maximum atomic E-state index is 12.6. The highest BCUT2D eigenvalue weighted by Crippen LogP contribution is 2.26. The molecule has 2 aromatic rings. The van der Waals surface area contributed by atoms with Gasteiger partial charge in [0.25, 0.3) is 0 Å². The number of alkyl halides is 2. The van der Waals surface area contributed by atoms with Gasteiger partial charge in [0.1, 0.15) is 0 Å². The Morgan fingerprint density at radius 2 is 1.70 bits per heavy atom. The van der Waals surface area contributed by atoms with Crippen LogP contribution in [0.3, 0.4) is 0 Å². The van der Waals surface area contributed by atoms with E-state index < -0.39 is 9.84 Å².